The zero-order valence-electron chi connectivity index (χ0n) is 12.4. The summed E-state index contributed by atoms with van der Waals surface area (Å²) in [6.45, 7) is 2.91. The number of hydrogen-bond acceptors (Lipinski definition) is 2. The summed E-state index contributed by atoms with van der Waals surface area (Å²) in [6.07, 6.45) is 0.622. The predicted octanol–water partition coefficient (Wildman–Crippen LogP) is 4.32. The van der Waals surface area contributed by atoms with E-state index >= 15 is 0 Å². The van der Waals surface area contributed by atoms with Crippen molar-refractivity contribution in [1.29, 1.82) is 0 Å². The molecule has 118 valence electrons. The van der Waals surface area contributed by atoms with Gasteiger partial charge in [-0.15, -0.1) is 0 Å². The molecule has 1 aromatic rings. The van der Waals surface area contributed by atoms with E-state index in [1.807, 2.05) is 4.90 Å². The van der Waals surface area contributed by atoms with Gasteiger partial charge in [-0.05, 0) is 43.4 Å². The second-order valence-electron chi connectivity index (χ2n) is 5.69. The first-order chi connectivity index (χ1) is 9.97. The highest BCUT2D eigenvalue weighted by Gasteiger charge is 2.36. The fourth-order valence-electron chi connectivity index (χ4n) is 3.14. The number of halogens is 3. The molecule has 21 heavy (non-hydrogen) atoms. The highest BCUT2D eigenvalue weighted by molar-refractivity contribution is 5.57. The van der Waals surface area contributed by atoms with Gasteiger partial charge >= 0.3 is 6.18 Å². The van der Waals surface area contributed by atoms with Crippen LogP contribution in [0.2, 0.25) is 0 Å². The number of alkyl halides is 3. The number of benzene rings is 1. The molecule has 0 aliphatic carbocycles. The molecule has 2 N–H and O–H groups in total. The van der Waals surface area contributed by atoms with Crippen molar-refractivity contribution in [2.24, 2.45) is 5.73 Å². The zero-order valence-corrected chi connectivity index (χ0v) is 12.4. The van der Waals surface area contributed by atoms with E-state index in [-0.39, 0.29) is 12.6 Å². The molecule has 1 fully saturated rings. The van der Waals surface area contributed by atoms with Gasteiger partial charge in [-0.25, -0.2) is 0 Å². The van der Waals surface area contributed by atoms with Crippen LogP contribution in [0.5, 0.6) is 0 Å². The van der Waals surface area contributed by atoms with Crippen molar-refractivity contribution in [2.45, 2.75) is 57.8 Å². The van der Waals surface area contributed by atoms with Gasteiger partial charge in [-0.1, -0.05) is 19.4 Å². The number of nitrogens with two attached hydrogens (primary N) is 1. The highest BCUT2D eigenvalue weighted by atomic mass is 19.4. The first-order valence-electron chi connectivity index (χ1n) is 7.64. The van der Waals surface area contributed by atoms with Gasteiger partial charge in [0.05, 0.1) is 5.56 Å². The summed E-state index contributed by atoms with van der Waals surface area (Å²) in [5.41, 5.74) is 5.78. The Morgan fingerprint density at radius 3 is 2.67 bits per heavy atom. The molecule has 0 saturated carbocycles. The Balaban J connectivity index is 2.41. The number of piperidine rings is 1. The van der Waals surface area contributed by atoms with Crippen molar-refractivity contribution in [3.8, 4) is 0 Å². The van der Waals surface area contributed by atoms with E-state index in [9.17, 15) is 13.2 Å². The van der Waals surface area contributed by atoms with E-state index in [2.05, 4.69) is 6.92 Å². The van der Waals surface area contributed by atoms with Gasteiger partial charge in [0.25, 0.3) is 0 Å². The number of hydrogen-bond donors (Lipinski definition) is 1. The summed E-state index contributed by atoms with van der Waals surface area (Å²) in [5.74, 6) is 0. The van der Waals surface area contributed by atoms with Crippen LogP contribution in [0.3, 0.4) is 0 Å². The molecule has 0 aromatic heterocycles. The Morgan fingerprint density at radius 1 is 1.29 bits per heavy atom. The predicted molar refractivity (Wildman–Crippen MR) is 79.2 cm³/mol. The van der Waals surface area contributed by atoms with Crippen LogP contribution in [-0.4, -0.2) is 12.6 Å². The summed E-state index contributed by atoms with van der Waals surface area (Å²) in [5, 5.41) is 0. The van der Waals surface area contributed by atoms with Crippen molar-refractivity contribution >= 4 is 5.69 Å². The molecule has 0 amide bonds. The van der Waals surface area contributed by atoms with Gasteiger partial charge in [0.15, 0.2) is 0 Å². The Morgan fingerprint density at radius 2 is 2.05 bits per heavy atom. The summed E-state index contributed by atoms with van der Waals surface area (Å²) in [7, 11) is 0. The zero-order chi connectivity index (χ0) is 15.5. The van der Waals surface area contributed by atoms with Crippen molar-refractivity contribution in [2.75, 3.05) is 11.4 Å². The van der Waals surface area contributed by atoms with Crippen LogP contribution in [0.25, 0.3) is 0 Å². The Kier molecular flexibility index (Phi) is 5.14. The minimum atomic E-state index is -4.34. The van der Waals surface area contributed by atoms with Crippen LogP contribution in [0, 0.1) is 0 Å². The Bertz CT molecular complexity index is 469. The number of rotatable bonds is 4. The second kappa shape index (κ2) is 6.69. The second-order valence-corrected chi connectivity index (χ2v) is 5.69. The molecule has 0 bridgehead atoms. The molecule has 5 heteroatoms. The van der Waals surface area contributed by atoms with E-state index in [4.69, 9.17) is 5.73 Å². The summed E-state index contributed by atoms with van der Waals surface area (Å²) < 4.78 is 40.1. The third-order valence-electron chi connectivity index (χ3n) is 4.16. The van der Waals surface area contributed by atoms with E-state index in [0.717, 1.165) is 32.1 Å². The lowest BCUT2D eigenvalue weighted by atomic mass is 9.95. The van der Waals surface area contributed by atoms with Crippen LogP contribution in [0.15, 0.2) is 18.2 Å². The fraction of sp³-hybridized carbons (Fsp3) is 0.625. The van der Waals surface area contributed by atoms with Crippen molar-refractivity contribution in [3.05, 3.63) is 29.3 Å². The standard InChI is InChI=1S/C16H23F3N2/c1-2-5-13-6-3-4-9-21(13)15-8-7-12(11-20)10-14(15)16(17,18)19/h7-8,10,13H,2-6,9,11,20H2,1H3. The molecule has 0 radical (unpaired) electrons. The lowest BCUT2D eigenvalue weighted by molar-refractivity contribution is -0.137. The molecule has 2 rings (SSSR count). The highest BCUT2D eigenvalue weighted by Crippen LogP contribution is 2.39. The maximum atomic E-state index is 13.4. The fourth-order valence-corrected chi connectivity index (χ4v) is 3.14. The molecule has 1 heterocycles. The molecule has 1 aliphatic heterocycles. The van der Waals surface area contributed by atoms with Crippen LogP contribution < -0.4 is 10.6 Å². The normalized spacial score (nSPS) is 19.9. The van der Waals surface area contributed by atoms with Gasteiger partial charge in [0, 0.05) is 24.8 Å². The Labute approximate surface area is 124 Å². The van der Waals surface area contributed by atoms with E-state index in [1.165, 1.54) is 6.07 Å². The smallest absolute Gasteiger partial charge is 0.368 e. The van der Waals surface area contributed by atoms with Crippen LogP contribution >= 0.6 is 0 Å². The molecule has 1 aliphatic rings. The van der Waals surface area contributed by atoms with Crippen molar-refractivity contribution in [3.63, 3.8) is 0 Å². The molecule has 2 nitrogen and oxygen atoms in total. The maximum absolute atomic E-state index is 13.4. The first kappa shape index (κ1) is 16.1. The van der Waals surface area contributed by atoms with E-state index < -0.39 is 11.7 Å². The quantitative estimate of drug-likeness (QED) is 0.897. The molecular weight excluding hydrogens is 277 g/mol. The maximum Gasteiger partial charge on any atom is 0.418 e. The van der Waals surface area contributed by atoms with Gasteiger partial charge in [-0.2, -0.15) is 13.2 Å². The minimum Gasteiger partial charge on any atom is -0.368 e. The third-order valence-corrected chi connectivity index (χ3v) is 4.16. The summed E-state index contributed by atoms with van der Waals surface area (Å²) in [4.78, 5) is 1.95. The molecule has 1 saturated heterocycles. The number of nitrogens with zero attached hydrogens (tertiary/aromatic N) is 1. The average molecular weight is 300 g/mol. The van der Waals surface area contributed by atoms with Gasteiger partial charge in [0.2, 0.25) is 0 Å². The van der Waals surface area contributed by atoms with Gasteiger partial charge < -0.3 is 10.6 Å². The molecule has 1 unspecified atom stereocenters. The lowest BCUT2D eigenvalue weighted by Gasteiger charge is -2.39. The SMILES string of the molecule is CCCC1CCCCN1c1ccc(CN)cc1C(F)(F)F. The van der Waals surface area contributed by atoms with Crippen LogP contribution in [-0.2, 0) is 12.7 Å². The van der Waals surface area contributed by atoms with E-state index in [1.54, 1.807) is 12.1 Å². The largest absolute Gasteiger partial charge is 0.418 e. The Hall–Kier alpha value is -1.23. The monoisotopic (exact) mass is 300 g/mol. The third kappa shape index (κ3) is 3.70. The van der Waals surface area contributed by atoms with Gasteiger partial charge in [0.1, 0.15) is 0 Å². The van der Waals surface area contributed by atoms with E-state index in [0.29, 0.717) is 17.8 Å². The first-order valence-corrected chi connectivity index (χ1v) is 7.64. The minimum absolute atomic E-state index is 0.127. The van der Waals surface area contributed by atoms with Crippen molar-refractivity contribution in [1.82, 2.24) is 0 Å². The summed E-state index contributed by atoms with van der Waals surface area (Å²) >= 11 is 0. The van der Waals surface area contributed by atoms with Crippen molar-refractivity contribution < 1.29 is 13.2 Å². The molecule has 1 aromatic carbocycles. The van der Waals surface area contributed by atoms with Crippen LogP contribution in [0.1, 0.15) is 50.2 Å². The lowest BCUT2D eigenvalue weighted by Crippen LogP contribution is -2.40. The van der Waals surface area contributed by atoms with Gasteiger partial charge in [-0.3, -0.25) is 0 Å². The topological polar surface area (TPSA) is 29.3 Å². The van der Waals surface area contributed by atoms with Crippen LogP contribution in [0.4, 0.5) is 18.9 Å². The molecular formula is C16H23F3N2. The molecule has 1 atom stereocenters. The number of anilines is 1. The average Bonchev–Trinajstić information content (AvgIpc) is 2.47. The summed E-state index contributed by atoms with van der Waals surface area (Å²) in [6, 6.07) is 4.72. The molecule has 0 spiro atoms.